The monoisotopic (exact) mass is 747 g/mol. The molecule has 0 radical (unpaired) electrons. The van der Waals surface area contributed by atoms with Crippen LogP contribution in [-0.2, 0) is 13.7 Å². The molecule has 2 aromatic heterocycles. The molecule has 53 heavy (non-hydrogen) atoms. The van der Waals surface area contributed by atoms with Crippen LogP contribution in [-0.4, -0.2) is 57.0 Å². The molecule has 2 N–H and O–H groups in total. The summed E-state index contributed by atoms with van der Waals surface area (Å²) in [5.74, 6) is 0.280. The molecule has 11 nitrogen and oxygen atoms in total. The van der Waals surface area contributed by atoms with Crippen LogP contribution in [0, 0.1) is 0 Å². The van der Waals surface area contributed by atoms with Gasteiger partial charge in [0, 0.05) is 12.0 Å². The highest BCUT2D eigenvalue weighted by Gasteiger charge is 2.54. The lowest BCUT2D eigenvalue weighted by atomic mass is 10.1. The number of imidazole rings is 1. The summed E-state index contributed by atoms with van der Waals surface area (Å²) in [4.78, 5) is 37.5. The molecule has 0 aliphatic carbocycles. The molecule has 1 amide bonds. The van der Waals surface area contributed by atoms with Crippen molar-refractivity contribution in [3.8, 4) is 5.75 Å². The topological polar surface area (TPSA) is 138 Å². The lowest BCUT2D eigenvalue weighted by molar-refractivity contribution is -0.0157. The number of hydrogen-bond acceptors (Lipinski definition) is 8. The molecule has 272 valence electrons. The third kappa shape index (κ3) is 7.73. The number of nitrogens with zero attached hydrogens (tertiary/aromatic N) is 4. The Bertz CT molecular complexity index is 2160. The lowest BCUT2D eigenvalue weighted by Crippen LogP contribution is -2.68. The maximum absolute atomic E-state index is 13.4. The number of aromatic nitrogens is 4. The van der Waals surface area contributed by atoms with Gasteiger partial charge in [0.25, 0.3) is 14.2 Å². The number of fused-ring (bicyclic) bond motifs is 1. The summed E-state index contributed by atoms with van der Waals surface area (Å²) < 4.78 is 35.2. The van der Waals surface area contributed by atoms with E-state index in [0.29, 0.717) is 28.9 Å². The maximum atomic E-state index is 13.4. The highest BCUT2D eigenvalue weighted by Crippen LogP contribution is 2.47. The van der Waals surface area contributed by atoms with Crippen LogP contribution in [0.2, 0.25) is 5.04 Å². The summed E-state index contributed by atoms with van der Waals surface area (Å²) in [6.45, 7) is 6.63. The Kier molecular flexibility index (Phi) is 10.4. The van der Waals surface area contributed by atoms with Crippen LogP contribution in [0.25, 0.3) is 11.2 Å². The fraction of sp³-hybridized carbons (Fsp3) is 0.250. The summed E-state index contributed by atoms with van der Waals surface area (Å²) in [7, 11) is -7.12. The number of ether oxygens (including phenoxy) is 1. The number of carbonyl (C=O) groups excluding carboxylic acids is 1. The number of benzene rings is 4. The van der Waals surface area contributed by atoms with Crippen LogP contribution in [0.3, 0.4) is 0 Å². The van der Waals surface area contributed by atoms with E-state index in [1.54, 1.807) is 54.9 Å². The van der Waals surface area contributed by atoms with Gasteiger partial charge in [-0.15, -0.1) is 0 Å². The van der Waals surface area contributed by atoms with Crippen LogP contribution in [0.15, 0.2) is 134 Å². The Labute approximate surface area is 309 Å². The number of para-hydroxylation sites is 1. The van der Waals surface area contributed by atoms with Crippen molar-refractivity contribution >= 4 is 49.2 Å². The van der Waals surface area contributed by atoms with Gasteiger partial charge in [-0.1, -0.05) is 118 Å². The minimum atomic E-state index is -4.06. The van der Waals surface area contributed by atoms with Gasteiger partial charge in [0.1, 0.15) is 18.3 Å². The van der Waals surface area contributed by atoms with Gasteiger partial charge in [0.2, 0.25) is 0 Å². The van der Waals surface area contributed by atoms with Crippen molar-refractivity contribution in [3.05, 3.63) is 140 Å². The molecule has 4 atom stereocenters. The van der Waals surface area contributed by atoms with E-state index in [-0.39, 0.29) is 29.3 Å². The first-order valence-electron chi connectivity index (χ1n) is 17.6. The Morgan fingerprint density at radius 3 is 2.08 bits per heavy atom. The van der Waals surface area contributed by atoms with Gasteiger partial charge < -0.3 is 23.9 Å². The van der Waals surface area contributed by atoms with Gasteiger partial charge in [-0.3, -0.25) is 9.36 Å². The molecule has 1 aliphatic heterocycles. The van der Waals surface area contributed by atoms with Crippen molar-refractivity contribution < 1.29 is 27.9 Å². The Hall–Kier alpha value is -4.97. The molecule has 6 aromatic rings. The summed E-state index contributed by atoms with van der Waals surface area (Å²) in [6, 6.07) is 38.2. The van der Waals surface area contributed by atoms with Crippen LogP contribution in [0.5, 0.6) is 5.75 Å². The normalized spacial score (nSPS) is 18.8. The molecule has 1 aliphatic rings. The van der Waals surface area contributed by atoms with Crippen molar-refractivity contribution in [3.63, 3.8) is 0 Å². The molecule has 7 rings (SSSR count). The number of amides is 1. The minimum Gasteiger partial charge on any atom is -0.424 e. The zero-order valence-corrected chi connectivity index (χ0v) is 31.7. The second kappa shape index (κ2) is 15.2. The van der Waals surface area contributed by atoms with E-state index in [9.17, 15) is 14.3 Å². The van der Waals surface area contributed by atoms with Crippen molar-refractivity contribution in [1.82, 2.24) is 19.5 Å². The Morgan fingerprint density at radius 1 is 0.887 bits per heavy atom. The first-order chi connectivity index (χ1) is 25.5. The molecule has 13 heteroatoms. The van der Waals surface area contributed by atoms with E-state index in [1.807, 2.05) is 53.1 Å². The van der Waals surface area contributed by atoms with Crippen molar-refractivity contribution in [1.29, 1.82) is 0 Å². The molecule has 0 spiro atoms. The largest absolute Gasteiger partial charge is 0.424 e. The van der Waals surface area contributed by atoms with Crippen molar-refractivity contribution in [2.24, 2.45) is 0 Å². The smallest absolute Gasteiger partial charge is 0.376 e. The van der Waals surface area contributed by atoms with Crippen molar-refractivity contribution in [2.45, 2.75) is 57.1 Å². The Balaban J connectivity index is 1.24. The predicted octanol–water partition coefficient (Wildman–Crippen LogP) is 6.97. The fourth-order valence-corrected chi connectivity index (χ4v) is 12.9. The molecule has 4 aromatic carbocycles. The van der Waals surface area contributed by atoms with Crippen molar-refractivity contribution in [2.75, 3.05) is 11.5 Å². The number of hydrogen-bond donors (Lipinski definition) is 2. The van der Waals surface area contributed by atoms with E-state index in [0.717, 1.165) is 10.4 Å². The zero-order chi connectivity index (χ0) is 37.1. The number of nitrogens with one attached hydrogen (secondary N) is 1. The summed E-state index contributed by atoms with van der Waals surface area (Å²) in [5, 5.41) is 4.77. The first-order valence-corrected chi connectivity index (χ1v) is 21.3. The van der Waals surface area contributed by atoms with E-state index < -0.39 is 34.3 Å². The van der Waals surface area contributed by atoms with Gasteiger partial charge in [0.15, 0.2) is 17.0 Å². The number of carbonyl (C=O) groups is 1. The predicted molar refractivity (Wildman–Crippen MR) is 207 cm³/mol. The lowest BCUT2D eigenvalue weighted by Gasteiger charge is -2.45. The molecule has 1 unspecified atom stereocenters. The van der Waals surface area contributed by atoms with E-state index in [1.165, 1.54) is 6.33 Å². The fourth-order valence-electron chi connectivity index (χ4n) is 7.08. The third-order valence-corrected chi connectivity index (χ3v) is 15.9. The molecule has 0 bridgehead atoms. The van der Waals surface area contributed by atoms with Crippen LogP contribution in [0.4, 0.5) is 5.82 Å². The van der Waals surface area contributed by atoms with Gasteiger partial charge >= 0.3 is 7.60 Å². The van der Waals surface area contributed by atoms with Gasteiger partial charge in [-0.2, -0.15) is 0 Å². The van der Waals surface area contributed by atoms with E-state index in [2.05, 4.69) is 65.3 Å². The van der Waals surface area contributed by atoms with Crippen LogP contribution in [0.1, 0.15) is 50.2 Å². The molecule has 1 saturated heterocycles. The quantitative estimate of drug-likeness (QED) is 0.101. The second-order valence-electron chi connectivity index (χ2n) is 14.1. The highest BCUT2D eigenvalue weighted by atomic mass is 31.2. The molecule has 0 saturated carbocycles. The maximum Gasteiger partial charge on any atom is 0.376 e. The molecule has 1 fully saturated rings. The standard InChI is InChI=1S/C40H42N5O6PSi/c1-40(2,3)53(31-20-12-6-13-21-31,32-22-14-7-15-23-32)51-34-26-35(49-33(34)24-25-52(47,48)50-30-18-10-5-11-19-30)45-28-43-36-37(41-27-42-38(36)45)44-39(46)29-16-8-4-9-17-29/h4-23,27-28,33-35H,24-26H2,1-3H3,(H,47,48)(H,41,42,44,46)/t33-,34+,35-/m1/s1. The molecular formula is C40H42N5O6PSi. The second-order valence-corrected chi connectivity index (χ2v) is 20.3. The summed E-state index contributed by atoms with van der Waals surface area (Å²) >= 11 is 0. The minimum absolute atomic E-state index is 0.150. The summed E-state index contributed by atoms with van der Waals surface area (Å²) in [6.07, 6.45) is 1.80. The summed E-state index contributed by atoms with van der Waals surface area (Å²) in [5.41, 5.74) is 1.37. The van der Waals surface area contributed by atoms with Gasteiger partial charge in [-0.25, -0.2) is 19.5 Å². The van der Waals surface area contributed by atoms with E-state index >= 15 is 0 Å². The average molecular weight is 748 g/mol. The van der Waals surface area contributed by atoms with Gasteiger partial charge in [0.05, 0.1) is 24.7 Å². The number of rotatable bonds is 12. The third-order valence-electron chi connectivity index (χ3n) is 9.55. The number of anilines is 1. The molecular weight excluding hydrogens is 706 g/mol. The zero-order valence-electron chi connectivity index (χ0n) is 29.8. The highest BCUT2D eigenvalue weighted by molar-refractivity contribution is 7.53. The average Bonchev–Trinajstić information content (AvgIpc) is 3.78. The SMILES string of the molecule is CC(C)(C)[Si](O[C@H]1C[C@H](n2cnc3c(NC(=O)c4ccccc4)ncnc32)O[C@@H]1CCP(=O)(O)Oc1ccccc1)(c1ccccc1)c1ccccc1. The van der Waals surface area contributed by atoms with Crippen LogP contribution >= 0.6 is 7.60 Å². The molecule has 3 heterocycles. The first kappa shape index (κ1) is 36.4. The Morgan fingerprint density at radius 2 is 1.47 bits per heavy atom. The van der Waals surface area contributed by atoms with E-state index in [4.69, 9.17) is 13.7 Å². The van der Waals surface area contributed by atoms with Gasteiger partial charge in [-0.05, 0) is 46.1 Å². The van der Waals surface area contributed by atoms with Crippen LogP contribution < -0.4 is 20.2 Å².